The Morgan fingerprint density at radius 1 is 0.875 bits per heavy atom. The molecule has 0 saturated heterocycles. The molecule has 0 aromatic heterocycles. The number of carbonyl (C=O) groups excluding carboxylic acids is 1. The third-order valence-corrected chi connectivity index (χ3v) is 1.94. The van der Waals surface area contributed by atoms with Gasteiger partial charge in [-0.25, -0.2) is 4.79 Å². The Balaban J connectivity index is 3.25. The van der Waals surface area contributed by atoms with Crippen molar-refractivity contribution in [1.82, 2.24) is 9.80 Å². The zero-order valence-corrected chi connectivity index (χ0v) is 10.9. The van der Waals surface area contributed by atoms with Gasteiger partial charge in [0.1, 0.15) is 0 Å². The number of hydrogen-bond donors (Lipinski definition) is 0. The van der Waals surface area contributed by atoms with E-state index in [1.807, 2.05) is 38.0 Å². The summed E-state index contributed by atoms with van der Waals surface area (Å²) in [6.07, 6.45) is 1.11. The zero-order chi connectivity index (χ0) is 12.4. The number of carbonyl (C=O) groups is 1. The van der Waals surface area contributed by atoms with Crippen LogP contribution in [0.3, 0.4) is 0 Å². The Labute approximate surface area is 98.3 Å². The molecule has 5 heteroatoms. The fraction of sp³-hybridized carbons (Fsp3) is 0.909. The van der Waals surface area contributed by atoms with Crippen molar-refractivity contribution in [1.29, 1.82) is 0 Å². The number of hydrogen-bond acceptors (Lipinski definition) is 5. The standard InChI is InChI=1S/C11H24N2O3/c1-12(2)7-5-9-15-11(14)16-10-6-8-13(3)4/h5-10H2,1-4H3. The van der Waals surface area contributed by atoms with Crippen molar-refractivity contribution in [3.05, 3.63) is 0 Å². The normalized spacial score (nSPS) is 10.9. The lowest BCUT2D eigenvalue weighted by Crippen LogP contribution is -2.18. The molecule has 0 radical (unpaired) electrons. The molecule has 0 saturated carbocycles. The van der Waals surface area contributed by atoms with Crippen molar-refractivity contribution < 1.29 is 14.3 Å². The van der Waals surface area contributed by atoms with Crippen LogP contribution in [0.4, 0.5) is 4.79 Å². The lowest BCUT2D eigenvalue weighted by molar-refractivity contribution is 0.0514. The van der Waals surface area contributed by atoms with Crippen LogP contribution in [0.2, 0.25) is 0 Å². The van der Waals surface area contributed by atoms with Gasteiger partial charge in [-0.2, -0.15) is 0 Å². The highest BCUT2D eigenvalue weighted by molar-refractivity contribution is 5.59. The SMILES string of the molecule is CN(C)CCCOC(=O)OCCCN(C)C. The molecule has 0 rings (SSSR count). The highest BCUT2D eigenvalue weighted by atomic mass is 16.7. The zero-order valence-electron chi connectivity index (χ0n) is 10.9. The quantitative estimate of drug-likeness (QED) is 0.462. The number of nitrogens with zero attached hydrogens (tertiary/aromatic N) is 2. The third kappa shape index (κ3) is 11.3. The maximum absolute atomic E-state index is 11.1. The van der Waals surface area contributed by atoms with Crippen LogP contribution in [-0.4, -0.2) is 70.4 Å². The lowest BCUT2D eigenvalue weighted by Gasteiger charge is -2.11. The van der Waals surface area contributed by atoms with Crippen LogP contribution in [-0.2, 0) is 9.47 Å². The smallest absolute Gasteiger partial charge is 0.434 e. The summed E-state index contributed by atoms with van der Waals surface area (Å²) in [5.41, 5.74) is 0. The van der Waals surface area contributed by atoms with Crippen molar-refractivity contribution in [2.75, 3.05) is 54.5 Å². The molecule has 0 fully saturated rings. The van der Waals surface area contributed by atoms with Crippen LogP contribution in [0, 0.1) is 0 Å². The van der Waals surface area contributed by atoms with E-state index >= 15 is 0 Å². The predicted octanol–water partition coefficient (Wildman–Crippen LogP) is 1.04. The van der Waals surface area contributed by atoms with Gasteiger partial charge in [-0.15, -0.1) is 0 Å². The molecule has 96 valence electrons. The van der Waals surface area contributed by atoms with E-state index in [2.05, 4.69) is 0 Å². The molecule has 0 aromatic rings. The predicted molar refractivity (Wildman–Crippen MR) is 63.6 cm³/mol. The second kappa shape index (κ2) is 9.42. The highest BCUT2D eigenvalue weighted by Gasteiger charge is 2.03. The Bertz CT molecular complexity index is 166. The van der Waals surface area contributed by atoms with E-state index in [0.717, 1.165) is 25.9 Å². The van der Waals surface area contributed by atoms with E-state index in [4.69, 9.17) is 9.47 Å². The van der Waals surface area contributed by atoms with Crippen LogP contribution >= 0.6 is 0 Å². The second-order valence-electron chi connectivity index (χ2n) is 4.26. The molecule has 0 atom stereocenters. The number of ether oxygens (including phenoxy) is 2. The minimum absolute atomic E-state index is 0.421. The van der Waals surface area contributed by atoms with Crippen molar-refractivity contribution in [3.8, 4) is 0 Å². The van der Waals surface area contributed by atoms with Gasteiger partial charge in [0, 0.05) is 13.1 Å². The Morgan fingerprint density at radius 2 is 1.25 bits per heavy atom. The van der Waals surface area contributed by atoms with Gasteiger partial charge < -0.3 is 19.3 Å². The van der Waals surface area contributed by atoms with Crippen molar-refractivity contribution in [2.24, 2.45) is 0 Å². The van der Waals surface area contributed by atoms with Crippen LogP contribution in [0.1, 0.15) is 12.8 Å². The monoisotopic (exact) mass is 232 g/mol. The van der Waals surface area contributed by atoms with Gasteiger partial charge in [0.05, 0.1) is 13.2 Å². The summed E-state index contributed by atoms with van der Waals surface area (Å²) in [6, 6.07) is 0. The topological polar surface area (TPSA) is 42.0 Å². The molecule has 0 unspecified atom stereocenters. The maximum Gasteiger partial charge on any atom is 0.508 e. The summed E-state index contributed by atoms with van der Waals surface area (Å²) in [4.78, 5) is 15.2. The summed E-state index contributed by atoms with van der Waals surface area (Å²) in [7, 11) is 7.94. The molecule has 0 bridgehead atoms. The first-order valence-corrected chi connectivity index (χ1v) is 5.61. The second-order valence-corrected chi connectivity index (χ2v) is 4.26. The van der Waals surface area contributed by atoms with Crippen LogP contribution < -0.4 is 0 Å². The van der Waals surface area contributed by atoms with Crippen LogP contribution in [0.15, 0.2) is 0 Å². The fourth-order valence-corrected chi connectivity index (χ4v) is 1.11. The molecule has 16 heavy (non-hydrogen) atoms. The maximum atomic E-state index is 11.1. The van der Waals surface area contributed by atoms with Gasteiger partial charge in [0.25, 0.3) is 0 Å². The first kappa shape index (κ1) is 15.2. The largest absolute Gasteiger partial charge is 0.508 e. The molecule has 0 aromatic carbocycles. The molecule has 0 amide bonds. The average Bonchev–Trinajstić information content (AvgIpc) is 2.19. The molecule has 0 aliphatic rings. The third-order valence-electron chi connectivity index (χ3n) is 1.94. The van der Waals surface area contributed by atoms with E-state index < -0.39 is 6.16 Å². The van der Waals surface area contributed by atoms with Gasteiger partial charge >= 0.3 is 6.16 Å². The van der Waals surface area contributed by atoms with Crippen LogP contribution in [0.25, 0.3) is 0 Å². The summed E-state index contributed by atoms with van der Waals surface area (Å²) in [5, 5.41) is 0. The molecule has 0 N–H and O–H groups in total. The first-order valence-electron chi connectivity index (χ1n) is 5.61. The van der Waals surface area contributed by atoms with E-state index in [-0.39, 0.29) is 0 Å². The van der Waals surface area contributed by atoms with Gasteiger partial charge in [-0.05, 0) is 41.0 Å². The Morgan fingerprint density at radius 3 is 1.56 bits per heavy atom. The van der Waals surface area contributed by atoms with Crippen molar-refractivity contribution in [3.63, 3.8) is 0 Å². The van der Waals surface area contributed by atoms with E-state index in [1.165, 1.54) is 0 Å². The average molecular weight is 232 g/mol. The van der Waals surface area contributed by atoms with Crippen molar-refractivity contribution in [2.45, 2.75) is 12.8 Å². The molecule has 0 aliphatic carbocycles. The van der Waals surface area contributed by atoms with Crippen LogP contribution in [0.5, 0.6) is 0 Å². The molecular formula is C11H24N2O3. The molecule has 5 nitrogen and oxygen atoms in total. The first-order chi connectivity index (χ1) is 7.52. The highest BCUT2D eigenvalue weighted by Crippen LogP contribution is 1.92. The van der Waals surface area contributed by atoms with Gasteiger partial charge in [0.2, 0.25) is 0 Å². The van der Waals surface area contributed by atoms with Gasteiger partial charge in [-0.1, -0.05) is 0 Å². The molecule has 0 spiro atoms. The summed E-state index contributed by atoms with van der Waals surface area (Å²) in [5.74, 6) is 0. The minimum Gasteiger partial charge on any atom is -0.434 e. The van der Waals surface area contributed by atoms with E-state index in [0.29, 0.717) is 13.2 Å². The Hall–Kier alpha value is -0.810. The van der Waals surface area contributed by atoms with Gasteiger partial charge in [0.15, 0.2) is 0 Å². The summed E-state index contributed by atoms with van der Waals surface area (Å²) in [6.45, 7) is 2.66. The fourth-order valence-electron chi connectivity index (χ4n) is 1.11. The lowest BCUT2D eigenvalue weighted by atomic mass is 10.4. The number of rotatable bonds is 8. The van der Waals surface area contributed by atoms with Crippen molar-refractivity contribution >= 4 is 6.16 Å². The molecule has 0 heterocycles. The van der Waals surface area contributed by atoms with E-state index in [9.17, 15) is 4.79 Å². The Kier molecular flexibility index (Phi) is 8.94. The molecule has 0 aliphatic heterocycles. The summed E-state index contributed by atoms with van der Waals surface area (Å²) < 4.78 is 9.80. The minimum atomic E-state index is -0.558. The molecular weight excluding hydrogens is 208 g/mol. The van der Waals surface area contributed by atoms with Gasteiger partial charge in [-0.3, -0.25) is 0 Å². The van der Waals surface area contributed by atoms with E-state index in [1.54, 1.807) is 0 Å². The summed E-state index contributed by atoms with van der Waals surface area (Å²) >= 11 is 0.